The second kappa shape index (κ2) is 17.7. The van der Waals surface area contributed by atoms with Gasteiger partial charge >= 0.3 is 401 Å². The molecule has 70 heavy (non-hydrogen) atoms. The summed E-state index contributed by atoms with van der Waals surface area (Å²) in [7, 11) is 17.0. The van der Waals surface area contributed by atoms with Crippen LogP contribution < -0.4 is 0 Å². The summed E-state index contributed by atoms with van der Waals surface area (Å²) in [5.41, 5.74) is -12.5. The molecule has 2 unspecified atom stereocenters. The first-order valence-corrected chi connectivity index (χ1v) is 38.2. The van der Waals surface area contributed by atoms with Crippen molar-refractivity contribution in [3.63, 3.8) is 0 Å². The molecule has 1 fully saturated rings. The van der Waals surface area contributed by atoms with Gasteiger partial charge in [-0.2, -0.15) is 0 Å². The summed E-state index contributed by atoms with van der Waals surface area (Å²) < 4.78 is 252. The monoisotopic (exact) mass is 1150 g/mol. The summed E-state index contributed by atoms with van der Waals surface area (Å²) in [6.07, 6.45) is -33.1. The van der Waals surface area contributed by atoms with E-state index in [1.54, 1.807) is 30.3 Å². The molecule has 4 aromatic carbocycles. The van der Waals surface area contributed by atoms with E-state index >= 15 is 0 Å². The fourth-order valence-corrected chi connectivity index (χ4v) is 42.7. The number of alkyl halides is 18. The molecule has 0 aromatic heterocycles. The Bertz CT molecular complexity index is 2610. The minimum atomic E-state index is -6.83. The molecule has 1 saturated carbocycles. The number of hydrogen-bond acceptors (Lipinski definition) is 0. The molecule has 0 amide bonds. The fraction of sp³-hybridized carbons (Fsp3) is 0.417. The van der Waals surface area contributed by atoms with Crippen LogP contribution in [0.1, 0.15) is 86.1 Å². The van der Waals surface area contributed by atoms with Crippen LogP contribution in [0.3, 0.4) is 0 Å². The predicted molar refractivity (Wildman–Crippen MR) is 232 cm³/mol. The summed E-state index contributed by atoms with van der Waals surface area (Å²) >= 11 is -5.82. The molecular weight excluding hydrogens is 1110 g/mol. The van der Waals surface area contributed by atoms with E-state index in [0.717, 1.165) is 54.7 Å². The predicted octanol–water partition coefficient (Wildman–Crippen LogP) is 18.4. The number of fused-ring (bicyclic) bond motifs is 2. The molecule has 7 rings (SSSR count). The first kappa shape index (κ1) is 54.6. The number of benzene rings is 4. The normalized spacial score (nSPS) is 19.7. The zero-order valence-electron chi connectivity index (χ0n) is 36.8. The van der Waals surface area contributed by atoms with Gasteiger partial charge in [-0.15, -0.1) is 0 Å². The van der Waals surface area contributed by atoms with Gasteiger partial charge in [-0.3, -0.25) is 0 Å². The Morgan fingerprint density at radius 1 is 0.486 bits per heavy atom. The maximum atomic E-state index is 14.1. The Labute approximate surface area is 398 Å². The third-order valence-corrected chi connectivity index (χ3v) is 66.5. The van der Waals surface area contributed by atoms with Gasteiger partial charge in [0.2, 0.25) is 0 Å². The Morgan fingerprint density at radius 2 is 0.843 bits per heavy atom. The summed E-state index contributed by atoms with van der Waals surface area (Å²) in [5, 5.41) is 0. The average molecular weight is 1150 g/mol. The summed E-state index contributed by atoms with van der Waals surface area (Å²) in [4.78, 5) is 0. The van der Waals surface area contributed by atoms with Gasteiger partial charge in [-0.1, -0.05) is 0 Å². The van der Waals surface area contributed by atoms with Crippen LogP contribution in [0.25, 0.3) is 34.4 Å². The molecular formula is C48H41Cl2F18SiZr. The van der Waals surface area contributed by atoms with Crippen LogP contribution >= 0.6 is 17.0 Å². The van der Waals surface area contributed by atoms with Crippen molar-refractivity contribution in [2.45, 2.75) is 114 Å². The minimum absolute atomic E-state index is 0.00405. The van der Waals surface area contributed by atoms with Crippen molar-refractivity contribution < 1.29 is 94.6 Å². The van der Waals surface area contributed by atoms with Gasteiger partial charge in [-0.05, 0) is 0 Å². The number of allylic oxidation sites excluding steroid dienone is 2. The van der Waals surface area contributed by atoms with E-state index in [-0.39, 0.29) is 52.4 Å². The first-order chi connectivity index (χ1) is 32.0. The molecule has 2 atom stereocenters. The zero-order chi connectivity index (χ0) is 52.2. The molecule has 3 aliphatic carbocycles. The van der Waals surface area contributed by atoms with Crippen LogP contribution in [0.5, 0.6) is 0 Å². The van der Waals surface area contributed by atoms with E-state index < -0.39 is 87.7 Å². The molecule has 0 aliphatic heterocycles. The fourth-order valence-electron chi connectivity index (χ4n) is 11.3. The third-order valence-electron chi connectivity index (χ3n) is 14.7. The zero-order valence-corrected chi connectivity index (χ0v) is 42.0. The topological polar surface area (TPSA) is 0 Å². The Hall–Kier alpha value is -3.22. The van der Waals surface area contributed by atoms with Crippen molar-refractivity contribution >= 4 is 35.1 Å². The van der Waals surface area contributed by atoms with Crippen LogP contribution in [0.4, 0.5) is 79.0 Å². The molecule has 3 aliphatic rings. The summed E-state index contributed by atoms with van der Waals surface area (Å²) in [6.45, 7) is 5.77. The Balaban J connectivity index is 1.40. The van der Waals surface area contributed by atoms with Crippen molar-refractivity contribution in [3.8, 4) is 22.3 Å². The van der Waals surface area contributed by atoms with Gasteiger partial charge in [-0.25, -0.2) is 0 Å². The van der Waals surface area contributed by atoms with Crippen LogP contribution in [-0.4, -0.2) is 43.0 Å². The van der Waals surface area contributed by atoms with Crippen molar-refractivity contribution in [1.82, 2.24) is 0 Å². The SMILES string of the molecule is CCC1=Cc2c(-c3ccc(C(C(F)(F)F)(C(F)(F)F)C(F)(F)F)cc3)cccc2[CH]1[Zr]([Cl])([Cl])([CH]1C(C2CCCCC2)=Cc2c(-c3ccc(C(C(F)(F)F)(C(F)(F)F)C(F)(F)F)cc3)cccc21)[SiH](C)C. The molecule has 381 valence electrons. The summed E-state index contributed by atoms with van der Waals surface area (Å²) in [5.74, 6) is -2.50. The first-order valence-electron chi connectivity index (χ1n) is 21.9. The van der Waals surface area contributed by atoms with E-state index in [1.807, 2.05) is 26.1 Å². The van der Waals surface area contributed by atoms with E-state index in [0.29, 0.717) is 41.5 Å². The molecule has 0 bridgehead atoms. The van der Waals surface area contributed by atoms with Crippen LogP contribution in [-0.2, 0) is 26.4 Å². The van der Waals surface area contributed by atoms with Gasteiger partial charge in [0.25, 0.3) is 0 Å². The van der Waals surface area contributed by atoms with Crippen LogP contribution in [0, 0.1) is 5.92 Å². The molecule has 0 spiro atoms. The standard InChI is InChI=1S/C25H20F9.C21H14F9.C2H7Si.2ClH.Zr/c26-23(27,28)22(24(29,30)31,25(32,33)34)19-11-9-16(10-12-19)20-8-4-7-17-13-18(14-21(17)20)15-5-2-1-3-6-15;1-2-12-10-14-4-3-5-16(17(14)11-12)13-6-8-15(9-7-13)18(19(22,23)24,20(25,26)27)21(28,29)30;1-3-2;;;/h4,7-15H,1-3,5-6H2;3-11H,2H2,1H3;3H,1-2H3;2*1H;/q;;;;;+2/p-2. The molecule has 0 N–H and O–H groups in total. The van der Waals surface area contributed by atoms with E-state index in [9.17, 15) is 79.0 Å². The van der Waals surface area contributed by atoms with Crippen LogP contribution in [0.15, 0.2) is 96.1 Å². The molecule has 0 saturated heterocycles. The van der Waals surface area contributed by atoms with Gasteiger partial charge in [0.15, 0.2) is 0 Å². The number of halogens is 20. The second-order valence-electron chi connectivity index (χ2n) is 18.6. The average Bonchev–Trinajstić information content (AvgIpc) is 3.83. The number of hydrogen-bond donors (Lipinski definition) is 0. The molecule has 0 heterocycles. The van der Waals surface area contributed by atoms with Crippen molar-refractivity contribution in [2.24, 2.45) is 5.92 Å². The number of rotatable bonds is 9. The second-order valence-corrected chi connectivity index (χ2v) is 61.1. The van der Waals surface area contributed by atoms with Gasteiger partial charge in [0.1, 0.15) is 0 Å². The van der Waals surface area contributed by atoms with Gasteiger partial charge < -0.3 is 0 Å². The van der Waals surface area contributed by atoms with E-state index in [4.69, 9.17) is 17.0 Å². The van der Waals surface area contributed by atoms with Crippen LogP contribution in [0.2, 0.25) is 13.1 Å². The molecule has 0 nitrogen and oxygen atoms in total. The van der Waals surface area contributed by atoms with Gasteiger partial charge in [0.05, 0.1) is 0 Å². The van der Waals surface area contributed by atoms with Crippen molar-refractivity contribution in [3.05, 3.63) is 129 Å². The molecule has 0 radical (unpaired) electrons. The summed E-state index contributed by atoms with van der Waals surface area (Å²) in [6, 6.07) is 13.3. The van der Waals surface area contributed by atoms with E-state index in [1.165, 1.54) is 12.1 Å². The Kier molecular flexibility index (Phi) is 13.8. The van der Waals surface area contributed by atoms with Gasteiger partial charge in [0, 0.05) is 0 Å². The van der Waals surface area contributed by atoms with Crippen molar-refractivity contribution in [2.75, 3.05) is 0 Å². The maximum absolute atomic E-state index is 14.1. The third kappa shape index (κ3) is 8.06. The van der Waals surface area contributed by atoms with Crippen molar-refractivity contribution in [1.29, 1.82) is 0 Å². The Morgan fingerprint density at radius 3 is 1.19 bits per heavy atom. The molecule has 22 heteroatoms. The quantitative estimate of drug-likeness (QED) is 0.116. The van der Waals surface area contributed by atoms with E-state index in [2.05, 4.69) is 0 Å². The molecule has 4 aromatic rings.